The van der Waals surface area contributed by atoms with Crippen LogP contribution < -0.4 is 10.2 Å². The lowest BCUT2D eigenvalue weighted by atomic mass is 10.2. The molecular formula is C17H17FN2O2. The molecule has 0 aliphatic carbocycles. The minimum absolute atomic E-state index is 0.0448. The molecule has 0 saturated carbocycles. The molecule has 0 spiro atoms. The normalized spacial score (nSPS) is 10.9. The average molecular weight is 300 g/mol. The van der Waals surface area contributed by atoms with E-state index in [0.717, 1.165) is 5.56 Å². The van der Waals surface area contributed by atoms with Crippen LogP contribution in [0.5, 0.6) is 5.75 Å². The molecule has 0 saturated heterocycles. The number of carbonyl (C=O) groups excluding carboxylic acids is 1. The van der Waals surface area contributed by atoms with Gasteiger partial charge in [0.2, 0.25) is 0 Å². The zero-order valence-electron chi connectivity index (χ0n) is 12.4. The molecule has 0 unspecified atom stereocenters. The van der Waals surface area contributed by atoms with Gasteiger partial charge in [0.15, 0.2) is 0 Å². The zero-order valence-corrected chi connectivity index (χ0v) is 12.4. The maximum absolute atomic E-state index is 12.8. The van der Waals surface area contributed by atoms with Gasteiger partial charge in [-0.2, -0.15) is 5.10 Å². The summed E-state index contributed by atoms with van der Waals surface area (Å²) in [4.78, 5) is 11.8. The third-order valence-electron chi connectivity index (χ3n) is 2.76. The lowest BCUT2D eigenvalue weighted by Crippen LogP contribution is -2.17. The highest BCUT2D eigenvalue weighted by atomic mass is 19.1. The fourth-order valence-corrected chi connectivity index (χ4v) is 1.77. The second-order valence-electron chi connectivity index (χ2n) is 4.91. The second kappa shape index (κ2) is 7.36. The van der Waals surface area contributed by atoms with Crippen molar-refractivity contribution < 1.29 is 13.9 Å². The van der Waals surface area contributed by atoms with Crippen molar-refractivity contribution in [3.63, 3.8) is 0 Å². The average Bonchev–Trinajstić information content (AvgIpc) is 2.49. The summed E-state index contributed by atoms with van der Waals surface area (Å²) >= 11 is 0. The first-order chi connectivity index (χ1) is 10.6. The van der Waals surface area contributed by atoms with Crippen LogP contribution in [0.4, 0.5) is 4.39 Å². The summed E-state index contributed by atoms with van der Waals surface area (Å²) in [5.74, 6) is -0.101. The molecule has 1 amide bonds. The molecule has 2 aromatic rings. The number of ether oxygens (including phenoxy) is 1. The lowest BCUT2D eigenvalue weighted by Gasteiger charge is -2.11. The van der Waals surface area contributed by atoms with Crippen molar-refractivity contribution in [2.45, 2.75) is 20.0 Å². The van der Waals surface area contributed by atoms with Crippen LogP contribution >= 0.6 is 0 Å². The van der Waals surface area contributed by atoms with Gasteiger partial charge >= 0.3 is 0 Å². The van der Waals surface area contributed by atoms with Crippen LogP contribution in [-0.4, -0.2) is 18.2 Å². The first kappa shape index (κ1) is 15.7. The van der Waals surface area contributed by atoms with Crippen molar-refractivity contribution in [3.05, 3.63) is 65.5 Å². The third-order valence-corrected chi connectivity index (χ3v) is 2.76. The summed E-state index contributed by atoms with van der Waals surface area (Å²) in [5, 5.41) is 3.91. The monoisotopic (exact) mass is 300 g/mol. The van der Waals surface area contributed by atoms with Gasteiger partial charge in [0.1, 0.15) is 11.6 Å². The molecule has 1 N–H and O–H groups in total. The molecule has 2 aromatic carbocycles. The predicted molar refractivity (Wildman–Crippen MR) is 83.7 cm³/mol. The molecule has 0 atom stereocenters. The second-order valence-corrected chi connectivity index (χ2v) is 4.91. The number of para-hydroxylation sites is 1. The van der Waals surface area contributed by atoms with E-state index in [9.17, 15) is 9.18 Å². The Morgan fingerprint density at radius 2 is 1.86 bits per heavy atom. The maximum atomic E-state index is 12.8. The topological polar surface area (TPSA) is 50.7 Å². The van der Waals surface area contributed by atoms with Crippen LogP contribution in [0.15, 0.2) is 53.6 Å². The predicted octanol–water partition coefficient (Wildman–Crippen LogP) is 3.38. The fourth-order valence-electron chi connectivity index (χ4n) is 1.77. The van der Waals surface area contributed by atoms with Gasteiger partial charge in [-0.1, -0.05) is 12.1 Å². The molecule has 0 radical (unpaired) electrons. The molecule has 2 rings (SSSR count). The smallest absolute Gasteiger partial charge is 0.271 e. The molecule has 5 heteroatoms. The van der Waals surface area contributed by atoms with E-state index in [4.69, 9.17) is 4.74 Å². The van der Waals surface area contributed by atoms with Crippen LogP contribution in [-0.2, 0) is 0 Å². The summed E-state index contributed by atoms with van der Waals surface area (Å²) in [7, 11) is 0. The number of amides is 1. The van der Waals surface area contributed by atoms with E-state index in [2.05, 4.69) is 10.5 Å². The molecular weight excluding hydrogens is 283 g/mol. The van der Waals surface area contributed by atoms with E-state index in [1.165, 1.54) is 30.5 Å². The van der Waals surface area contributed by atoms with E-state index < -0.39 is 5.91 Å². The molecule has 0 aromatic heterocycles. The number of nitrogens with zero attached hydrogens (tertiary/aromatic N) is 1. The number of hydrogen-bond donors (Lipinski definition) is 1. The Morgan fingerprint density at radius 1 is 1.18 bits per heavy atom. The quantitative estimate of drug-likeness (QED) is 0.680. The van der Waals surface area contributed by atoms with E-state index in [1.54, 1.807) is 0 Å². The van der Waals surface area contributed by atoms with Gasteiger partial charge in [-0.15, -0.1) is 0 Å². The lowest BCUT2D eigenvalue weighted by molar-refractivity contribution is 0.0955. The van der Waals surface area contributed by atoms with Crippen LogP contribution in [0.3, 0.4) is 0 Å². The van der Waals surface area contributed by atoms with Gasteiger partial charge in [-0.05, 0) is 50.2 Å². The van der Waals surface area contributed by atoms with Crippen LogP contribution in [0.2, 0.25) is 0 Å². The van der Waals surface area contributed by atoms with Crippen LogP contribution in [0.1, 0.15) is 29.8 Å². The summed E-state index contributed by atoms with van der Waals surface area (Å²) in [6.07, 6.45) is 1.56. The number of benzene rings is 2. The van der Waals surface area contributed by atoms with E-state index in [-0.39, 0.29) is 11.9 Å². The first-order valence-corrected chi connectivity index (χ1v) is 6.91. The molecule has 114 valence electrons. The minimum atomic E-state index is -0.404. The number of nitrogens with one attached hydrogen (secondary N) is 1. The van der Waals surface area contributed by atoms with Gasteiger partial charge in [0, 0.05) is 11.1 Å². The SMILES string of the molecule is CC(C)Oc1ccccc1C=NNC(=O)c1ccc(F)cc1. The Kier molecular flexibility index (Phi) is 5.25. The summed E-state index contributed by atoms with van der Waals surface area (Å²) in [5.41, 5.74) is 3.50. The number of rotatable bonds is 5. The van der Waals surface area contributed by atoms with Gasteiger partial charge in [0.25, 0.3) is 5.91 Å². The summed E-state index contributed by atoms with van der Waals surface area (Å²) in [6, 6.07) is 12.7. The number of halogens is 1. The maximum Gasteiger partial charge on any atom is 0.271 e. The van der Waals surface area contributed by atoms with Crippen molar-refractivity contribution in [1.29, 1.82) is 0 Å². The standard InChI is InChI=1S/C17H17FN2O2/c1-12(2)22-16-6-4-3-5-14(16)11-19-20-17(21)13-7-9-15(18)10-8-13/h3-12H,1-2H3,(H,20,21). The third kappa shape index (κ3) is 4.41. The Morgan fingerprint density at radius 3 is 2.55 bits per heavy atom. The minimum Gasteiger partial charge on any atom is -0.490 e. The fraction of sp³-hybridized carbons (Fsp3) is 0.176. The van der Waals surface area contributed by atoms with Gasteiger partial charge < -0.3 is 4.74 Å². The van der Waals surface area contributed by atoms with E-state index in [1.807, 2.05) is 38.1 Å². The van der Waals surface area contributed by atoms with Crippen molar-refractivity contribution in [1.82, 2.24) is 5.43 Å². The number of hydrogen-bond acceptors (Lipinski definition) is 3. The highest BCUT2D eigenvalue weighted by Gasteiger charge is 2.05. The largest absolute Gasteiger partial charge is 0.490 e. The molecule has 0 aliphatic heterocycles. The Balaban J connectivity index is 2.03. The van der Waals surface area contributed by atoms with Gasteiger partial charge in [-0.25, -0.2) is 9.82 Å². The molecule has 0 aliphatic rings. The molecule has 4 nitrogen and oxygen atoms in total. The van der Waals surface area contributed by atoms with Gasteiger partial charge in [-0.3, -0.25) is 4.79 Å². The van der Waals surface area contributed by atoms with Gasteiger partial charge in [0.05, 0.1) is 12.3 Å². The summed E-state index contributed by atoms with van der Waals surface area (Å²) < 4.78 is 18.5. The van der Waals surface area contributed by atoms with Crippen LogP contribution in [0, 0.1) is 5.82 Å². The van der Waals surface area contributed by atoms with Crippen molar-refractivity contribution in [2.75, 3.05) is 0 Å². The molecule has 0 fully saturated rings. The molecule has 0 heterocycles. The molecule has 22 heavy (non-hydrogen) atoms. The summed E-state index contributed by atoms with van der Waals surface area (Å²) in [6.45, 7) is 3.87. The number of carbonyl (C=O) groups is 1. The highest BCUT2D eigenvalue weighted by Crippen LogP contribution is 2.17. The highest BCUT2D eigenvalue weighted by molar-refractivity contribution is 5.95. The number of hydrazone groups is 1. The Labute approximate surface area is 128 Å². The Bertz CT molecular complexity index is 667. The van der Waals surface area contributed by atoms with Crippen molar-refractivity contribution in [2.24, 2.45) is 5.10 Å². The van der Waals surface area contributed by atoms with Crippen LogP contribution in [0.25, 0.3) is 0 Å². The van der Waals surface area contributed by atoms with E-state index in [0.29, 0.717) is 11.3 Å². The Hall–Kier alpha value is -2.69. The van der Waals surface area contributed by atoms with Crippen molar-refractivity contribution in [3.8, 4) is 5.75 Å². The first-order valence-electron chi connectivity index (χ1n) is 6.91. The molecule has 0 bridgehead atoms. The van der Waals surface area contributed by atoms with Crippen molar-refractivity contribution >= 4 is 12.1 Å². The van der Waals surface area contributed by atoms with E-state index >= 15 is 0 Å². The zero-order chi connectivity index (χ0) is 15.9.